The summed E-state index contributed by atoms with van der Waals surface area (Å²) in [7, 11) is -3.59. The molecule has 2 aromatic rings. The molecule has 0 bridgehead atoms. The van der Waals surface area contributed by atoms with Crippen LogP contribution in [0.15, 0.2) is 47.5 Å². The third kappa shape index (κ3) is 2.52. The van der Waals surface area contributed by atoms with E-state index in [-0.39, 0.29) is 4.90 Å². The second-order valence-electron chi connectivity index (χ2n) is 4.76. The highest BCUT2D eigenvalue weighted by Gasteiger charge is 2.33. The molecular weight excluding hydrogens is 288 g/mol. The molecule has 0 saturated carbocycles. The van der Waals surface area contributed by atoms with Gasteiger partial charge in [-0.25, -0.2) is 8.42 Å². The van der Waals surface area contributed by atoms with E-state index in [1.54, 1.807) is 30.5 Å². The number of hydrogen-bond acceptors (Lipinski definition) is 4. The highest BCUT2D eigenvalue weighted by atomic mass is 32.2. The van der Waals surface area contributed by atoms with E-state index in [4.69, 9.17) is 4.74 Å². The molecular formula is C15H16N2O3S. The predicted octanol–water partition coefficient (Wildman–Crippen LogP) is 2.18. The summed E-state index contributed by atoms with van der Waals surface area (Å²) in [6, 6.07) is 10.5. The molecule has 6 heteroatoms. The van der Waals surface area contributed by atoms with Crippen LogP contribution in [0, 0.1) is 0 Å². The van der Waals surface area contributed by atoms with Crippen LogP contribution in [0.4, 0.5) is 0 Å². The first-order chi connectivity index (χ1) is 10.1. The zero-order chi connectivity index (χ0) is 14.9. The van der Waals surface area contributed by atoms with Gasteiger partial charge in [0.15, 0.2) is 0 Å². The Bertz CT molecular complexity index is 734. The topological polar surface area (TPSA) is 59.5 Å². The Morgan fingerprint density at radius 1 is 1.19 bits per heavy atom. The first kappa shape index (κ1) is 14.0. The van der Waals surface area contributed by atoms with Crippen LogP contribution in [0.5, 0.6) is 5.75 Å². The number of sulfonamides is 1. The average Bonchev–Trinajstić information content (AvgIpc) is 2.93. The summed E-state index contributed by atoms with van der Waals surface area (Å²) in [5.41, 5.74) is 1.77. The van der Waals surface area contributed by atoms with Crippen molar-refractivity contribution in [2.45, 2.75) is 24.9 Å². The van der Waals surface area contributed by atoms with Crippen molar-refractivity contribution in [3.05, 3.63) is 53.9 Å². The van der Waals surface area contributed by atoms with Crippen molar-refractivity contribution in [2.75, 3.05) is 6.61 Å². The van der Waals surface area contributed by atoms with Crippen molar-refractivity contribution < 1.29 is 13.2 Å². The number of ether oxygens (including phenoxy) is 1. The molecule has 1 aromatic heterocycles. The second kappa shape index (κ2) is 5.46. The molecule has 0 saturated heterocycles. The van der Waals surface area contributed by atoms with Crippen LogP contribution >= 0.6 is 0 Å². The Morgan fingerprint density at radius 2 is 2.00 bits per heavy atom. The SMILES string of the molecule is CCOc1ccccc1S(=O)(=O)N1Cc2cccnc2C1. The molecule has 0 unspecified atom stereocenters. The molecule has 1 aromatic carbocycles. The lowest BCUT2D eigenvalue weighted by Gasteiger charge is -2.17. The number of pyridine rings is 1. The summed E-state index contributed by atoms with van der Waals surface area (Å²) in [5.74, 6) is 0.393. The van der Waals surface area contributed by atoms with Crippen LogP contribution in [0.25, 0.3) is 0 Å². The van der Waals surface area contributed by atoms with E-state index in [0.29, 0.717) is 25.4 Å². The predicted molar refractivity (Wildman–Crippen MR) is 78.3 cm³/mol. The maximum atomic E-state index is 12.8. The van der Waals surface area contributed by atoms with Gasteiger partial charge in [0.05, 0.1) is 18.8 Å². The minimum absolute atomic E-state index is 0.208. The zero-order valence-electron chi connectivity index (χ0n) is 11.7. The Balaban J connectivity index is 1.96. The maximum absolute atomic E-state index is 12.8. The molecule has 1 aliphatic heterocycles. The number of fused-ring (bicyclic) bond motifs is 1. The maximum Gasteiger partial charge on any atom is 0.247 e. The molecule has 110 valence electrons. The molecule has 0 atom stereocenters. The third-order valence-electron chi connectivity index (χ3n) is 3.42. The molecule has 0 spiro atoms. The fraction of sp³-hybridized carbons (Fsp3) is 0.267. The number of benzene rings is 1. The van der Waals surface area contributed by atoms with Crippen molar-refractivity contribution in [1.29, 1.82) is 0 Å². The lowest BCUT2D eigenvalue weighted by molar-refractivity contribution is 0.328. The lowest BCUT2D eigenvalue weighted by Crippen LogP contribution is -2.26. The molecule has 2 heterocycles. The Hall–Kier alpha value is -1.92. The van der Waals surface area contributed by atoms with Gasteiger partial charge >= 0.3 is 0 Å². The summed E-state index contributed by atoms with van der Waals surface area (Å²) >= 11 is 0. The number of hydrogen-bond donors (Lipinski definition) is 0. The molecule has 0 radical (unpaired) electrons. The van der Waals surface area contributed by atoms with Crippen molar-refractivity contribution in [3.8, 4) is 5.75 Å². The van der Waals surface area contributed by atoms with Crippen LogP contribution < -0.4 is 4.74 Å². The average molecular weight is 304 g/mol. The quantitative estimate of drug-likeness (QED) is 0.868. The minimum atomic E-state index is -3.59. The molecule has 1 aliphatic rings. The van der Waals surface area contributed by atoms with E-state index in [0.717, 1.165) is 11.3 Å². The van der Waals surface area contributed by atoms with E-state index in [9.17, 15) is 8.42 Å². The minimum Gasteiger partial charge on any atom is -0.492 e. The molecule has 21 heavy (non-hydrogen) atoms. The summed E-state index contributed by atoms with van der Waals surface area (Å²) in [6.07, 6.45) is 1.68. The van der Waals surface area contributed by atoms with E-state index < -0.39 is 10.0 Å². The fourth-order valence-electron chi connectivity index (χ4n) is 2.42. The number of aromatic nitrogens is 1. The van der Waals surface area contributed by atoms with Crippen molar-refractivity contribution in [1.82, 2.24) is 9.29 Å². The van der Waals surface area contributed by atoms with E-state index in [1.807, 2.05) is 19.1 Å². The van der Waals surface area contributed by atoms with Crippen LogP contribution in [-0.2, 0) is 23.1 Å². The highest BCUT2D eigenvalue weighted by molar-refractivity contribution is 7.89. The first-order valence-corrected chi connectivity index (χ1v) is 8.21. The van der Waals surface area contributed by atoms with Gasteiger partial charge in [-0.3, -0.25) is 4.98 Å². The third-order valence-corrected chi connectivity index (χ3v) is 5.26. The molecule has 0 fully saturated rings. The van der Waals surface area contributed by atoms with Gasteiger partial charge in [0, 0.05) is 12.7 Å². The second-order valence-corrected chi connectivity index (χ2v) is 6.67. The highest BCUT2D eigenvalue weighted by Crippen LogP contribution is 2.31. The van der Waals surface area contributed by atoms with Gasteiger partial charge in [-0.05, 0) is 30.7 Å². The number of nitrogens with zero attached hydrogens (tertiary/aromatic N) is 2. The van der Waals surface area contributed by atoms with Crippen LogP contribution in [0.1, 0.15) is 18.2 Å². The smallest absolute Gasteiger partial charge is 0.247 e. The standard InChI is InChI=1S/C15H16N2O3S/c1-2-20-14-7-3-4-8-15(14)21(18,19)17-10-12-6-5-9-16-13(12)11-17/h3-9H,2,10-11H2,1H3. The molecule has 3 rings (SSSR count). The summed E-state index contributed by atoms with van der Waals surface area (Å²) in [6.45, 7) is 2.91. The van der Waals surface area contributed by atoms with E-state index >= 15 is 0 Å². The van der Waals surface area contributed by atoms with Crippen molar-refractivity contribution >= 4 is 10.0 Å². The Labute approximate surface area is 124 Å². The van der Waals surface area contributed by atoms with Gasteiger partial charge in [0.25, 0.3) is 0 Å². The first-order valence-electron chi connectivity index (χ1n) is 6.77. The van der Waals surface area contributed by atoms with Crippen LogP contribution in [0.3, 0.4) is 0 Å². The van der Waals surface area contributed by atoms with Crippen LogP contribution in [-0.4, -0.2) is 24.3 Å². The van der Waals surface area contributed by atoms with Gasteiger partial charge in [-0.15, -0.1) is 0 Å². The van der Waals surface area contributed by atoms with Gasteiger partial charge in [0.1, 0.15) is 10.6 Å². The fourth-order valence-corrected chi connectivity index (χ4v) is 3.93. The molecule has 5 nitrogen and oxygen atoms in total. The molecule has 0 N–H and O–H groups in total. The number of rotatable bonds is 4. The monoisotopic (exact) mass is 304 g/mol. The largest absolute Gasteiger partial charge is 0.492 e. The summed E-state index contributed by atoms with van der Waals surface area (Å²) in [5, 5.41) is 0. The van der Waals surface area contributed by atoms with E-state index in [2.05, 4.69) is 4.98 Å². The van der Waals surface area contributed by atoms with E-state index in [1.165, 1.54) is 4.31 Å². The molecule has 0 amide bonds. The van der Waals surface area contributed by atoms with Crippen molar-refractivity contribution in [3.63, 3.8) is 0 Å². The lowest BCUT2D eigenvalue weighted by atomic mass is 10.2. The zero-order valence-corrected chi connectivity index (χ0v) is 12.5. The van der Waals surface area contributed by atoms with Gasteiger partial charge in [-0.2, -0.15) is 4.31 Å². The Kier molecular flexibility index (Phi) is 3.65. The van der Waals surface area contributed by atoms with Crippen molar-refractivity contribution in [2.24, 2.45) is 0 Å². The van der Waals surface area contributed by atoms with Gasteiger partial charge in [0.2, 0.25) is 10.0 Å². The summed E-state index contributed by atoms with van der Waals surface area (Å²) in [4.78, 5) is 4.45. The number of para-hydroxylation sites is 1. The summed E-state index contributed by atoms with van der Waals surface area (Å²) < 4.78 is 32.5. The van der Waals surface area contributed by atoms with Gasteiger partial charge in [-0.1, -0.05) is 18.2 Å². The molecule has 0 aliphatic carbocycles. The Morgan fingerprint density at radius 3 is 2.76 bits per heavy atom. The normalized spacial score (nSPS) is 14.9. The van der Waals surface area contributed by atoms with Gasteiger partial charge < -0.3 is 4.74 Å². The van der Waals surface area contributed by atoms with Crippen LogP contribution in [0.2, 0.25) is 0 Å².